The number of carbonyl (C=O) groups is 2. The number of likely N-dealkylation sites (N-methyl/N-ethyl adjacent to an activating group) is 1. The topological polar surface area (TPSA) is 66.8 Å². The molecule has 0 aromatic heterocycles. The van der Waals surface area contributed by atoms with Crippen LogP contribution >= 0.6 is 15.9 Å². The van der Waals surface area contributed by atoms with Gasteiger partial charge in [0.15, 0.2) is 0 Å². The summed E-state index contributed by atoms with van der Waals surface area (Å²) in [5.41, 5.74) is 0.533. The predicted octanol–water partition coefficient (Wildman–Crippen LogP) is 2.01. The quantitative estimate of drug-likeness (QED) is 0.909. The van der Waals surface area contributed by atoms with E-state index in [9.17, 15) is 14.7 Å². The number of carboxylic acid groups (broad SMARTS) is 1. The molecule has 0 radical (unpaired) electrons. The van der Waals surface area contributed by atoms with Crippen molar-refractivity contribution in [3.8, 4) is 0 Å². The minimum Gasteiger partial charge on any atom is -0.481 e. The first-order valence-corrected chi connectivity index (χ1v) is 7.21. The summed E-state index contributed by atoms with van der Waals surface area (Å²) in [6.45, 7) is 2.70. The zero-order chi connectivity index (χ0) is 14.7. The molecule has 1 heterocycles. The van der Waals surface area contributed by atoms with Crippen LogP contribution in [-0.4, -0.2) is 47.7 Å². The van der Waals surface area contributed by atoms with Gasteiger partial charge in [-0.3, -0.25) is 9.59 Å². The van der Waals surface area contributed by atoms with Gasteiger partial charge in [0.05, 0.1) is 24.8 Å². The highest BCUT2D eigenvalue weighted by molar-refractivity contribution is 9.10. The summed E-state index contributed by atoms with van der Waals surface area (Å²) in [7, 11) is 0. The number of benzene rings is 1. The fourth-order valence-corrected chi connectivity index (χ4v) is 2.86. The average molecular weight is 342 g/mol. The van der Waals surface area contributed by atoms with Gasteiger partial charge >= 0.3 is 5.97 Å². The summed E-state index contributed by atoms with van der Waals surface area (Å²) in [4.78, 5) is 25.4. The summed E-state index contributed by atoms with van der Waals surface area (Å²) in [6, 6.07) is 6.71. The van der Waals surface area contributed by atoms with Crippen LogP contribution in [0.1, 0.15) is 17.3 Å². The molecule has 1 aliphatic heterocycles. The molecule has 0 saturated carbocycles. The van der Waals surface area contributed by atoms with E-state index in [2.05, 4.69) is 15.9 Å². The van der Waals surface area contributed by atoms with Gasteiger partial charge in [0, 0.05) is 11.0 Å². The average Bonchev–Trinajstić information content (AvgIpc) is 2.89. The van der Waals surface area contributed by atoms with Crippen molar-refractivity contribution in [1.82, 2.24) is 4.90 Å². The molecule has 0 aliphatic carbocycles. The van der Waals surface area contributed by atoms with Crippen molar-refractivity contribution < 1.29 is 19.4 Å². The van der Waals surface area contributed by atoms with Gasteiger partial charge in [-0.1, -0.05) is 12.1 Å². The minimum atomic E-state index is -0.925. The summed E-state index contributed by atoms with van der Waals surface area (Å²) in [5.74, 6) is -1.77. The highest BCUT2D eigenvalue weighted by atomic mass is 79.9. The molecule has 6 heteroatoms. The van der Waals surface area contributed by atoms with Gasteiger partial charge in [-0.15, -0.1) is 0 Å². The van der Waals surface area contributed by atoms with Crippen LogP contribution in [-0.2, 0) is 9.53 Å². The van der Waals surface area contributed by atoms with Crippen LogP contribution in [0.15, 0.2) is 28.7 Å². The molecule has 1 aromatic rings. The molecule has 2 rings (SSSR count). The van der Waals surface area contributed by atoms with E-state index in [-0.39, 0.29) is 19.1 Å². The molecule has 0 bridgehead atoms. The first-order chi connectivity index (χ1) is 9.56. The highest BCUT2D eigenvalue weighted by Gasteiger charge is 2.39. The minimum absolute atomic E-state index is 0.153. The molecule has 5 nitrogen and oxygen atoms in total. The molecule has 1 fully saturated rings. The third-order valence-corrected chi connectivity index (χ3v) is 4.17. The summed E-state index contributed by atoms with van der Waals surface area (Å²) < 4.78 is 5.95. The van der Waals surface area contributed by atoms with Gasteiger partial charge in [-0.2, -0.15) is 0 Å². The maximum absolute atomic E-state index is 12.6. The Morgan fingerprint density at radius 2 is 2.10 bits per heavy atom. The third-order valence-electron chi connectivity index (χ3n) is 3.47. The van der Waals surface area contributed by atoms with Gasteiger partial charge in [-0.05, 0) is 35.0 Å². The van der Waals surface area contributed by atoms with Gasteiger partial charge < -0.3 is 14.7 Å². The Morgan fingerprint density at radius 1 is 1.40 bits per heavy atom. The number of rotatable bonds is 4. The van der Waals surface area contributed by atoms with Gasteiger partial charge in [-0.25, -0.2) is 0 Å². The Morgan fingerprint density at radius 3 is 2.70 bits per heavy atom. The monoisotopic (exact) mass is 341 g/mol. The fourth-order valence-electron chi connectivity index (χ4n) is 2.40. The Kier molecular flexibility index (Phi) is 4.77. The van der Waals surface area contributed by atoms with Crippen LogP contribution < -0.4 is 0 Å². The maximum Gasteiger partial charge on any atom is 0.311 e. The lowest BCUT2D eigenvalue weighted by Gasteiger charge is -2.29. The molecule has 108 valence electrons. The van der Waals surface area contributed by atoms with Crippen molar-refractivity contribution in [1.29, 1.82) is 0 Å². The first kappa shape index (κ1) is 15.0. The second-order valence-corrected chi connectivity index (χ2v) is 5.47. The maximum atomic E-state index is 12.6. The molecule has 1 aliphatic rings. The summed E-state index contributed by atoms with van der Waals surface area (Å²) >= 11 is 3.35. The SMILES string of the molecule is CCN(C(=O)c1ccccc1Br)C1COCC1C(=O)O. The zero-order valence-corrected chi connectivity index (χ0v) is 12.7. The number of aliphatic carboxylic acids is 1. The van der Waals surface area contributed by atoms with E-state index in [1.165, 1.54) is 0 Å². The van der Waals surface area contributed by atoms with E-state index in [1.54, 1.807) is 23.1 Å². The lowest BCUT2D eigenvalue weighted by Crippen LogP contribution is -2.46. The van der Waals surface area contributed by atoms with Crippen LogP contribution in [0.2, 0.25) is 0 Å². The van der Waals surface area contributed by atoms with Gasteiger partial charge in [0.2, 0.25) is 0 Å². The number of amides is 1. The largest absolute Gasteiger partial charge is 0.481 e. The molecular formula is C14H16BrNO4. The lowest BCUT2D eigenvalue weighted by molar-refractivity contribution is -0.142. The van der Waals surface area contributed by atoms with Crippen molar-refractivity contribution in [3.63, 3.8) is 0 Å². The molecule has 2 unspecified atom stereocenters. The van der Waals surface area contributed by atoms with Crippen molar-refractivity contribution in [2.24, 2.45) is 5.92 Å². The predicted molar refractivity (Wildman–Crippen MR) is 76.6 cm³/mol. The first-order valence-electron chi connectivity index (χ1n) is 6.42. The summed E-state index contributed by atoms with van der Waals surface area (Å²) in [6.07, 6.45) is 0. The number of hydrogen-bond acceptors (Lipinski definition) is 3. The van der Waals surface area contributed by atoms with E-state index >= 15 is 0 Å². The van der Waals surface area contributed by atoms with Gasteiger partial charge in [0.1, 0.15) is 5.92 Å². The smallest absolute Gasteiger partial charge is 0.311 e. The molecule has 1 saturated heterocycles. The van der Waals surface area contributed by atoms with Crippen molar-refractivity contribution in [2.45, 2.75) is 13.0 Å². The fraction of sp³-hybridized carbons (Fsp3) is 0.429. The zero-order valence-electron chi connectivity index (χ0n) is 11.1. The molecule has 20 heavy (non-hydrogen) atoms. The number of carboxylic acids is 1. The van der Waals surface area contributed by atoms with E-state index in [4.69, 9.17) is 4.74 Å². The van der Waals surface area contributed by atoms with E-state index in [0.717, 1.165) is 0 Å². The van der Waals surface area contributed by atoms with Crippen LogP contribution in [0.5, 0.6) is 0 Å². The van der Waals surface area contributed by atoms with E-state index < -0.39 is 17.9 Å². The van der Waals surface area contributed by atoms with Crippen molar-refractivity contribution in [2.75, 3.05) is 19.8 Å². The normalized spacial score (nSPS) is 21.7. The molecule has 1 amide bonds. The number of carbonyl (C=O) groups excluding carboxylic acids is 1. The molecule has 0 spiro atoms. The van der Waals surface area contributed by atoms with Crippen LogP contribution in [0, 0.1) is 5.92 Å². The van der Waals surface area contributed by atoms with E-state index in [0.29, 0.717) is 16.6 Å². The lowest BCUT2D eigenvalue weighted by atomic mass is 10.0. The Balaban J connectivity index is 2.26. The molecule has 1 N–H and O–H groups in total. The Hall–Kier alpha value is -1.40. The van der Waals surface area contributed by atoms with Crippen LogP contribution in [0.4, 0.5) is 0 Å². The van der Waals surface area contributed by atoms with Crippen molar-refractivity contribution >= 4 is 27.8 Å². The molecule has 1 aromatic carbocycles. The Bertz CT molecular complexity index is 520. The van der Waals surface area contributed by atoms with Crippen LogP contribution in [0.25, 0.3) is 0 Å². The van der Waals surface area contributed by atoms with Gasteiger partial charge in [0.25, 0.3) is 5.91 Å². The van der Waals surface area contributed by atoms with Crippen molar-refractivity contribution in [3.05, 3.63) is 34.3 Å². The van der Waals surface area contributed by atoms with Crippen LogP contribution in [0.3, 0.4) is 0 Å². The Labute approximate surface area is 125 Å². The number of ether oxygens (including phenoxy) is 1. The molecular weight excluding hydrogens is 326 g/mol. The number of nitrogens with zero attached hydrogens (tertiary/aromatic N) is 1. The molecule has 2 atom stereocenters. The number of hydrogen-bond donors (Lipinski definition) is 1. The van der Waals surface area contributed by atoms with E-state index in [1.807, 2.05) is 13.0 Å². The third kappa shape index (κ3) is 2.86. The number of halogens is 1. The second kappa shape index (κ2) is 6.37. The highest BCUT2D eigenvalue weighted by Crippen LogP contribution is 2.24. The standard InChI is InChI=1S/C14H16BrNO4/c1-2-16(12-8-20-7-10(12)14(18)19)13(17)9-5-3-4-6-11(9)15/h3-6,10,12H,2,7-8H2,1H3,(H,18,19). The summed E-state index contributed by atoms with van der Waals surface area (Å²) in [5, 5.41) is 9.21. The second-order valence-electron chi connectivity index (χ2n) is 4.62.